The first kappa shape index (κ1) is 24.5. The molecule has 0 saturated heterocycles. The number of ether oxygens (including phenoxy) is 1. The molecule has 3 unspecified atom stereocenters. The van der Waals surface area contributed by atoms with Gasteiger partial charge in [0, 0.05) is 11.3 Å². The zero-order valence-electron chi connectivity index (χ0n) is 19.0. The summed E-state index contributed by atoms with van der Waals surface area (Å²) >= 11 is -1.91. The van der Waals surface area contributed by atoms with Crippen LogP contribution in [0.5, 0.6) is 0 Å². The summed E-state index contributed by atoms with van der Waals surface area (Å²) < 4.78 is 31.3. The van der Waals surface area contributed by atoms with Crippen molar-refractivity contribution in [3.8, 4) is 0 Å². The van der Waals surface area contributed by atoms with Gasteiger partial charge in [0.05, 0.1) is 24.3 Å². The van der Waals surface area contributed by atoms with E-state index in [2.05, 4.69) is 5.32 Å². The Balaban J connectivity index is 1.51. The van der Waals surface area contributed by atoms with E-state index in [1.807, 2.05) is 31.2 Å². The molecule has 1 aliphatic heterocycles. The third-order valence-corrected chi connectivity index (χ3v) is 6.05. The molecule has 10 heteroatoms. The van der Waals surface area contributed by atoms with Gasteiger partial charge in [-0.3, -0.25) is 14.6 Å². The largest absolute Gasteiger partial charge is 0.459 e. The maximum atomic E-state index is 12.1. The van der Waals surface area contributed by atoms with Gasteiger partial charge in [-0.25, -0.2) is 4.21 Å². The van der Waals surface area contributed by atoms with Crippen molar-refractivity contribution >= 4 is 34.7 Å². The highest BCUT2D eigenvalue weighted by Gasteiger charge is 2.31. The van der Waals surface area contributed by atoms with Gasteiger partial charge in [-0.05, 0) is 41.8 Å². The Hall–Kier alpha value is -3.60. The second-order valence-electron chi connectivity index (χ2n) is 7.93. The van der Waals surface area contributed by atoms with Crippen LogP contribution >= 0.6 is 0 Å². The van der Waals surface area contributed by atoms with Crippen LogP contribution in [0.4, 0.5) is 5.69 Å². The summed E-state index contributed by atoms with van der Waals surface area (Å²) in [7, 11) is 0. The van der Waals surface area contributed by atoms with Crippen molar-refractivity contribution in [2.24, 2.45) is 5.10 Å². The average Bonchev–Trinajstić information content (AvgIpc) is 3.40. The summed E-state index contributed by atoms with van der Waals surface area (Å²) in [5.41, 5.74) is 3.72. The number of carbonyl (C=O) groups is 2. The number of nitrogens with one attached hydrogen (secondary N) is 1. The molecule has 3 aromatic rings. The molecule has 2 N–H and O–H groups in total. The molecule has 0 bridgehead atoms. The first-order chi connectivity index (χ1) is 17.0. The third-order valence-electron chi connectivity index (χ3n) is 5.47. The molecule has 3 atom stereocenters. The highest BCUT2D eigenvalue weighted by molar-refractivity contribution is 7.78. The lowest BCUT2D eigenvalue weighted by Gasteiger charge is -2.35. The zero-order valence-corrected chi connectivity index (χ0v) is 19.8. The molecule has 1 amide bonds. The Morgan fingerprint density at radius 3 is 2.46 bits per heavy atom. The van der Waals surface area contributed by atoms with Gasteiger partial charge < -0.3 is 19.0 Å². The first-order valence-corrected chi connectivity index (χ1v) is 12.3. The highest BCUT2D eigenvalue weighted by Crippen LogP contribution is 2.23. The Kier molecular flexibility index (Phi) is 7.86. The smallest absolute Gasteiger partial charge is 0.291 e. The highest BCUT2D eigenvalue weighted by atomic mass is 32.2. The SMILES string of the molecule is CCC1OC(C=O)N(Cc2ccc(NC(=O)c3ccco3)cc2)N=C1c1ccc(CS(=O)O)cc1. The lowest BCUT2D eigenvalue weighted by atomic mass is 10.0. The number of benzene rings is 2. The number of nitrogens with zero attached hydrogens (tertiary/aromatic N) is 2. The normalized spacial score (nSPS) is 18.6. The summed E-state index contributed by atoms with van der Waals surface area (Å²) in [4.78, 5) is 23.9. The van der Waals surface area contributed by atoms with Gasteiger partial charge in [-0.15, -0.1) is 0 Å². The van der Waals surface area contributed by atoms with Gasteiger partial charge in [-0.2, -0.15) is 5.10 Å². The molecule has 0 radical (unpaired) electrons. The van der Waals surface area contributed by atoms with E-state index in [1.54, 1.807) is 41.4 Å². The van der Waals surface area contributed by atoms with Crippen molar-refractivity contribution < 1.29 is 27.5 Å². The Labute approximate surface area is 205 Å². The number of hydrazone groups is 1. The van der Waals surface area contributed by atoms with Gasteiger partial charge in [0.1, 0.15) is 6.10 Å². The minimum Gasteiger partial charge on any atom is -0.459 e. The molecule has 4 rings (SSSR count). The number of rotatable bonds is 9. The average molecular weight is 496 g/mol. The number of aldehydes is 1. The molecule has 182 valence electrons. The van der Waals surface area contributed by atoms with E-state index >= 15 is 0 Å². The standard InChI is InChI=1S/C25H25N3O6S/c1-2-21-24(19-9-5-18(6-10-19)16-35(31)32)27-28(23(15-29)34-21)14-17-7-11-20(12-8-17)26-25(30)22-4-3-13-33-22/h3-13,15,21,23H,2,14,16H2,1H3,(H,26,30)(H,31,32). The first-order valence-electron chi connectivity index (χ1n) is 11.0. The number of amides is 1. The molecule has 2 aromatic carbocycles. The van der Waals surface area contributed by atoms with Crippen molar-refractivity contribution in [3.05, 3.63) is 89.4 Å². The van der Waals surface area contributed by atoms with Crippen molar-refractivity contribution in [1.82, 2.24) is 5.01 Å². The van der Waals surface area contributed by atoms with Crippen molar-refractivity contribution in [1.29, 1.82) is 0 Å². The van der Waals surface area contributed by atoms with Crippen LogP contribution in [-0.4, -0.2) is 44.0 Å². The van der Waals surface area contributed by atoms with E-state index in [0.29, 0.717) is 24.4 Å². The van der Waals surface area contributed by atoms with Crippen LogP contribution in [0.15, 0.2) is 76.4 Å². The number of hydrogen-bond donors (Lipinski definition) is 2. The molecule has 1 aromatic heterocycles. The minimum absolute atomic E-state index is 0.0533. The molecule has 0 saturated carbocycles. The molecule has 1 aliphatic rings. The van der Waals surface area contributed by atoms with Gasteiger partial charge in [-0.1, -0.05) is 43.3 Å². The molecule has 9 nitrogen and oxygen atoms in total. The van der Waals surface area contributed by atoms with E-state index in [1.165, 1.54) is 6.26 Å². The van der Waals surface area contributed by atoms with Crippen LogP contribution in [0.2, 0.25) is 0 Å². The molecule has 2 heterocycles. The monoisotopic (exact) mass is 495 g/mol. The molecule has 0 aliphatic carbocycles. The van der Waals surface area contributed by atoms with Crippen LogP contribution in [0.1, 0.15) is 40.6 Å². The predicted molar refractivity (Wildman–Crippen MR) is 131 cm³/mol. The van der Waals surface area contributed by atoms with Gasteiger partial charge in [0.2, 0.25) is 6.23 Å². The van der Waals surface area contributed by atoms with E-state index in [-0.39, 0.29) is 23.5 Å². The van der Waals surface area contributed by atoms with E-state index in [9.17, 15) is 13.8 Å². The Morgan fingerprint density at radius 2 is 1.86 bits per heavy atom. The Morgan fingerprint density at radius 1 is 1.14 bits per heavy atom. The summed E-state index contributed by atoms with van der Waals surface area (Å²) in [6, 6.07) is 17.7. The van der Waals surface area contributed by atoms with Crippen molar-refractivity contribution in [3.63, 3.8) is 0 Å². The fourth-order valence-electron chi connectivity index (χ4n) is 3.72. The summed E-state index contributed by atoms with van der Waals surface area (Å²) in [6.45, 7) is 2.27. The third kappa shape index (κ3) is 6.10. The lowest BCUT2D eigenvalue weighted by Crippen LogP contribution is -2.45. The van der Waals surface area contributed by atoms with Crippen LogP contribution in [0.3, 0.4) is 0 Å². The molecule has 35 heavy (non-hydrogen) atoms. The topological polar surface area (TPSA) is 121 Å². The van der Waals surface area contributed by atoms with Gasteiger partial charge >= 0.3 is 0 Å². The Bertz CT molecular complexity index is 1210. The van der Waals surface area contributed by atoms with E-state index in [0.717, 1.165) is 23.0 Å². The second kappa shape index (κ2) is 11.2. The second-order valence-corrected chi connectivity index (χ2v) is 8.87. The maximum Gasteiger partial charge on any atom is 0.291 e. The van der Waals surface area contributed by atoms with E-state index < -0.39 is 17.3 Å². The number of anilines is 1. The van der Waals surface area contributed by atoms with Crippen LogP contribution < -0.4 is 5.32 Å². The number of hydrogen-bond acceptors (Lipinski definition) is 7. The summed E-state index contributed by atoms with van der Waals surface area (Å²) in [5.74, 6) is -0.0692. The minimum atomic E-state index is -1.91. The van der Waals surface area contributed by atoms with Crippen molar-refractivity contribution in [2.75, 3.05) is 5.32 Å². The van der Waals surface area contributed by atoms with Gasteiger partial charge in [0.25, 0.3) is 5.91 Å². The zero-order chi connectivity index (χ0) is 24.8. The quantitative estimate of drug-likeness (QED) is 0.342. The lowest BCUT2D eigenvalue weighted by molar-refractivity contribution is -0.139. The molecule has 0 fully saturated rings. The summed E-state index contributed by atoms with van der Waals surface area (Å²) in [5, 5.41) is 9.10. The predicted octanol–water partition coefficient (Wildman–Crippen LogP) is 3.79. The number of furan rings is 1. The van der Waals surface area contributed by atoms with Crippen LogP contribution in [0.25, 0.3) is 0 Å². The fraction of sp³-hybridized carbons (Fsp3) is 0.240. The molecular weight excluding hydrogens is 470 g/mol. The molecular formula is C25H25N3O6S. The number of carbonyl (C=O) groups excluding carboxylic acids is 2. The van der Waals surface area contributed by atoms with Crippen LogP contribution in [-0.2, 0) is 32.9 Å². The van der Waals surface area contributed by atoms with Crippen molar-refractivity contribution in [2.45, 2.75) is 38.0 Å². The maximum absolute atomic E-state index is 12.1. The molecule has 0 spiro atoms. The van der Waals surface area contributed by atoms with Crippen LogP contribution in [0, 0.1) is 0 Å². The summed E-state index contributed by atoms with van der Waals surface area (Å²) in [6.07, 6.45) is 1.59. The fourth-order valence-corrected chi connectivity index (χ4v) is 4.20. The van der Waals surface area contributed by atoms with E-state index in [4.69, 9.17) is 18.8 Å². The van der Waals surface area contributed by atoms with Gasteiger partial charge in [0.15, 0.2) is 23.1 Å².